The van der Waals surface area contributed by atoms with Gasteiger partial charge >= 0.3 is 11.9 Å². The van der Waals surface area contributed by atoms with Crippen LogP contribution in [0.15, 0.2) is 127 Å². The van der Waals surface area contributed by atoms with Gasteiger partial charge in [0.05, 0.1) is 45.2 Å². The Morgan fingerprint density at radius 3 is 1.04 bits per heavy atom. The Kier molecular flexibility index (Phi) is 31.4. The zero-order chi connectivity index (χ0) is 69.6. The van der Waals surface area contributed by atoms with E-state index in [2.05, 4.69) is 0 Å². The lowest BCUT2D eigenvalue weighted by Gasteiger charge is -2.44. The lowest BCUT2D eigenvalue weighted by Crippen LogP contribution is -2.55. The molecule has 22 heteroatoms. The van der Waals surface area contributed by atoms with Crippen LogP contribution in [-0.4, -0.2) is 164 Å². The van der Waals surface area contributed by atoms with Crippen molar-refractivity contribution in [3.05, 3.63) is 193 Å². The molecule has 520 valence electrons. The third-order valence-corrected chi connectivity index (χ3v) is 17.6. The van der Waals surface area contributed by atoms with E-state index < -0.39 is 105 Å². The van der Waals surface area contributed by atoms with Crippen LogP contribution >= 0.6 is 34.8 Å². The Morgan fingerprint density at radius 1 is 0.453 bits per heavy atom. The van der Waals surface area contributed by atoms with Gasteiger partial charge in [-0.15, -0.1) is 0 Å². The van der Waals surface area contributed by atoms with E-state index in [0.29, 0.717) is 65.3 Å². The third-order valence-electron chi connectivity index (χ3n) is 16.5. The number of hydrogen-bond donors (Lipinski definition) is 9. The highest BCUT2D eigenvalue weighted by Crippen LogP contribution is 2.42. The highest BCUT2D eigenvalue weighted by Gasteiger charge is 2.49. The normalized spacial score (nSPS) is 25.8. The van der Waals surface area contributed by atoms with E-state index >= 15 is 0 Å². The molecule has 9 rings (SSSR count). The van der Waals surface area contributed by atoms with E-state index in [-0.39, 0.29) is 18.1 Å². The Bertz CT molecular complexity index is 3160. The average molecular weight is 1380 g/mol. The molecule has 0 aliphatic carbocycles. The monoisotopic (exact) mass is 1380 g/mol. The summed E-state index contributed by atoms with van der Waals surface area (Å²) in [6, 6.07) is 39.5. The van der Waals surface area contributed by atoms with Gasteiger partial charge in [0.2, 0.25) is 0 Å². The van der Waals surface area contributed by atoms with Crippen LogP contribution < -0.4 is 14.2 Å². The summed E-state index contributed by atoms with van der Waals surface area (Å²) < 4.78 is 45.4. The minimum Gasteiger partial charge on any atom is -0.494 e. The van der Waals surface area contributed by atoms with Gasteiger partial charge < -0.3 is 83.9 Å². The molecule has 0 radical (unpaired) electrons. The topological polar surface area (TPSA) is 290 Å². The molecule has 3 saturated heterocycles. The van der Waals surface area contributed by atoms with Gasteiger partial charge in [0.1, 0.15) is 90.5 Å². The van der Waals surface area contributed by atoms with Crippen molar-refractivity contribution < 1.29 is 93.4 Å². The highest BCUT2D eigenvalue weighted by molar-refractivity contribution is 6.32. The van der Waals surface area contributed by atoms with Crippen LogP contribution in [-0.2, 0) is 52.5 Å². The lowest BCUT2D eigenvalue weighted by molar-refractivity contribution is -0.231. The Balaban J connectivity index is 0.000000219. The van der Waals surface area contributed by atoms with Crippen molar-refractivity contribution in [3.63, 3.8) is 0 Å². The molecule has 3 aliphatic heterocycles. The fourth-order valence-corrected chi connectivity index (χ4v) is 11.8. The number of benzene rings is 6. The van der Waals surface area contributed by atoms with Gasteiger partial charge in [0.25, 0.3) is 0 Å². The van der Waals surface area contributed by atoms with E-state index in [1.54, 1.807) is 31.2 Å². The standard InChI is InChI=1S/C27H33ClO6.2C21H25ClO6.C4H10O/c1-6-24-16(3)25(32-17(4)29)27(33-18(5)30)26(34-24)20-10-13-23(28)21(15-20)14-19-8-11-22(12-9-19)31-7-2;2*1-2-27-15-6-3-12(4-7-15)9-14-10-13(5-8-16(14)22)21-20(26)19(25)18(24)17(11-23)28-21;1-3-4(2)5/h8-13,15-16,24-27H,6-7,14H2,1-5H3;2*3-8,10,17-21,23-26H,2,9,11H2,1H3;4-5H,3H2,1-2H3/t16-,24-,25+,26+,27-;2*17-,18-,19+,20-,21+;4-/m1110/s1. The van der Waals surface area contributed by atoms with E-state index in [1.807, 2.05) is 145 Å². The maximum Gasteiger partial charge on any atom is 0.303 e. The smallest absolute Gasteiger partial charge is 0.303 e. The maximum absolute atomic E-state index is 12.0. The van der Waals surface area contributed by atoms with Gasteiger partial charge in [0, 0.05) is 34.8 Å². The van der Waals surface area contributed by atoms with E-state index in [1.165, 1.54) is 13.8 Å². The zero-order valence-corrected chi connectivity index (χ0v) is 57.4. The van der Waals surface area contributed by atoms with Crippen molar-refractivity contribution in [1.82, 2.24) is 0 Å². The molecule has 0 aromatic heterocycles. The Morgan fingerprint density at radius 2 is 0.758 bits per heavy atom. The Labute approximate surface area is 572 Å². The quantitative estimate of drug-likeness (QED) is 0.0303. The summed E-state index contributed by atoms with van der Waals surface area (Å²) in [7, 11) is 0. The number of rotatable bonds is 21. The summed E-state index contributed by atoms with van der Waals surface area (Å²) in [5, 5.41) is 89.5. The van der Waals surface area contributed by atoms with Gasteiger partial charge in [-0.2, -0.15) is 0 Å². The maximum atomic E-state index is 12.0. The van der Waals surface area contributed by atoms with Crippen molar-refractivity contribution in [2.24, 2.45) is 5.92 Å². The number of carbonyl (C=O) groups is 2. The van der Waals surface area contributed by atoms with Gasteiger partial charge in [-0.3, -0.25) is 9.59 Å². The summed E-state index contributed by atoms with van der Waals surface area (Å²) in [5.41, 5.74) is 7.79. The number of aliphatic hydroxyl groups excluding tert-OH is 9. The van der Waals surface area contributed by atoms with E-state index in [9.17, 15) is 50.4 Å². The molecule has 3 heterocycles. The van der Waals surface area contributed by atoms with E-state index in [4.69, 9.17) is 77.8 Å². The van der Waals surface area contributed by atoms with Crippen LogP contribution in [0.1, 0.15) is 144 Å². The number of ether oxygens (including phenoxy) is 8. The number of esters is 2. The fraction of sp³-hybridized carbons (Fsp3) is 0.479. The van der Waals surface area contributed by atoms with Crippen molar-refractivity contribution in [3.8, 4) is 17.2 Å². The zero-order valence-electron chi connectivity index (χ0n) is 55.2. The first-order valence-corrected chi connectivity index (χ1v) is 33.3. The first-order chi connectivity index (χ1) is 45.4. The molecule has 16 atom stereocenters. The minimum atomic E-state index is -1.42. The molecular weight excluding hydrogens is 1290 g/mol. The average Bonchev–Trinajstić information content (AvgIpc) is 0.804. The summed E-state index contributed by atoms with van der Waals surface area (Å²) >= 11 is 19.2. The highest BCUT2D eigenvalue weighted by atomic mass is 35.5. The molecular formula is C73H93Cl3O19. The van der Waals surface area contributed by atoms with Crippen molar-refractivity contribution >= 4 is 46.7 Å². The van der Waals surface area contributed by atoms with Gasteiger partial charge in [-0.25, -0.2) is 0 Å². The van der Waals surface area contributed by atoms with Crippen LogP contribution in [0.3, 0.4) is 0 Å². The number of halogens is 3. The fourth-order valence-electron chi connectivity index (χ4n) is 11.2. The molecule has 0 saturated carbocycles. The molecule has 0 unspecified atom stereocenters. The molecule has 3 aliphatic rings. The van der Waals surface area contributed by atoms with Crippen LogP contribution in [0, 0.1) is 5.92 Å². The lowest BCUT2D eigenvalue weighted by atomic mass is 9.84. The molecule has 0 amide bonds. The predicted molar refractivity (Wildman–Crippen MR) is 361 cm³/mol. The second-order valence-corrected chi connectivity index (χ2v) is 24.8. The summed E-state index contributed by atoms with van der Waals surface area (Å²) in [6.07, 6.45) is -10.8. The predicted octanol–water partition coefficient (Wildman–Crippen LogP) is 10.1. The number of hydrogen-bond acceptors (Lipinski definition) is 19. The second kappa shape index (κ2) is 38.3. The summed E-state index contributed by atoms with van der Waals surface area (Å²) in [6.45, 7) is 17.1. The molecule has 9 N–H and O–H groups in total. The first-order valence-electron chi connectivity index (χ1n) is 32.2. The van der Waals surface area contributed by atoms with E-state index in [0.717, 1.165) is 69.0 Å². The first kappa shape index (κ1) is 78.1. The molecule has 0 spiro atoms. The molecule has 0 bridgehead atoms. The number of aliphatic hydroxyl groups is 9. The minimum absolute atomic E-state index is 0.116. The van der Waals surface area contributed by atoms with Crippen LogP contribution in [0.4, 0.5) is 0 Å². The largest absolute Gasteiger partial charge is 0.494 e. The van der Waals surface area contributed by atoms with Crippen LogP contribution in [0.2, 0.25) is 15.1 Å². The number of carbonyl (C=O) groups excluding carboxylic acids is 2. The molecule has 95 heavy (non-hydrogen) atoms. The molecule has 6 aromatic carbocycles. The van der Waals surface area contributed by atoms with Crippen LogP contribution in [0.5, 0.6) is 17.2 Å². The summed E-state index contributed by atoms with van der Waals surface area (Å²) in [5.74, 6) is 1.41. The summed E-state index contributed by atoms with van der Waals surface area (Å²) in [4.78, 5) is 23.8. The molecule has 3 fully saturated rings. The van der Waals surface area contributed by atoms with Gasteiger partial charge in [-0.1, -0.05) is 128 Å². The van der Waals surface area contributed by atoms with Crippen molar-refractivity contribution in [1.29, 1.82) is 0 Å². The SMILES string of the molecule is CCOc1ccc(Cc2cc([C@@H]3O[C@H](CC)[C@@H](C)[C@H](OC(C)=O)[C@H]3OC(C)=O)ccc2Cl)cc1.CCOc1ccc(Cc2cc([C@@H]3O[C@H](CO)[C@@H](O)[C@H](O)[C@H]3O)ccc2Cl)cc1.CCOc1ccc(Cc2cc([C@@H]3O[C@H](CO)[C@@H](O)[C@H](O)[C@H]3O)ccc2Cl)cc1.CC[C@H](C)O. The third kappa shape index (κ3) is 22.0. The molecule has 6 aromatic rings. The van der Waals surface area contributed by atoms with Crippen molar-refractivity contribution in [2.75, 3.05) is 33.0 Å². The second-order valence-electron chi connectivity index (χ2n) is 23.6. The van der Waals surface area contributed by atoms with Gasteiger partial charge in [0.15, 0.2) is 6.10 Å². The van der Waals surface area contributed by atoms with Crippen molar-refractivity contribution in [2.45, 2.75) is 186 Å². The Hall–Kier alpha value is -5.95. The van der Waals surface area contributed by atoms with Gasteiger partial charge in [-0.05, 0) is 164 Å². The molecule has 19 nitrogen and oxygen atoms in total. The van der Waals surface area contributed by atoms with Crippen LogP contribution in [0.25, 0.3) is 0 Å².